The lowest BCUT2D eigenvalue weighted by Gasteiger charge is -2.12. The van der Waals surface area contributed by atoms with Gasteiger partial charge < -0.3 is 10.2 Å². The number of aromatic hydroxyl groups is 2. The average Bonchev–Trinajstić information content (AvgIpc) is 2.81. The first kappa shape index (κ1) is 22.9. The van der Waals surface area contributed by atoms with Gasteiger partial charge in [-0.2, -0.15) is 10.5 Å². The van der Waals surface area contributed by atoms with Gasteiger partial charge in [-0.15, -0.1) is 0 Å². The fourth-order valence-corrected chi connectivity index (χ4v) is 3.13. The minimum atomic E-state index is -0.394. The van der Waals surface area contributed by atoms with Crippen LogP contribution in [0.25, 0.3) is 28.3 Å². The van der Waals surface area contributed by atoms with Crippen LogP contribution < -0.4 is 0 Å². The van der Waals surface area contributed by atoms with Gasteiger partial charge in [-0.1, -0.05) is 43.0 Å². The summed E-state index contributed by atoms with van der Waals surface area (Å²) in [4.78, 5) is 13.5. The smallest absolute Gasteiger partial charge is 0.168 e. The van der Waals surface area contributed by atoms with Crippen LogP contribution in [0.1, 0.15) is 18.3 Å². The molecule has 0 saturated heterocycles. The van der Waals surface area contributed by atoms with E-state index in [1.165, 1.54) is 24.3 Å². The Kier molecular flexibility index (Phi) is 6.97. The van der Waals surface area contributed by atoms with Gasteiger partial charge in [0, 0.05) is 5.57 Å². The zero-order valence-electron chi connectivity index (χ0n) is 18.2. The third-order valence-electron chi connectivity index (χ3n) is 4.87. The van der Waals surface area contributed by atoms with Crippen molar-refractivity contribution in [2.75, 3.05) is 0 Å². The number of benzene rings is 2. The number of para-hydroxylation sites is 1. The maximum absolute atomic E-state index is 10.5. The first-order valence-electron chi connectivity index (χ1n) is 10.1. The average molecular weight is 435 g/mol. The highest BCUT2D eigenvalue weighted by atomic mass is 16.3. The molecular weight excluding hydrogens is 414 g/mol. The summed E-state index contributed by atoms with van der Waals surface area (Å²) < 4.78 is 0. The van der Waals surface area contributed by atoms with E-state index in [4.69, 9.17) is 5.26 Å². The van der Waals surface area contributed by atoms with Gasteiger partial charge in [0.05, 0.1) is 34.8 Å². The third-order valence-corrected chi connectivity index (χ3v) is 4.87. The summed E-state index contributed by atoms with van der Waals surface area (Å²) in [6.45, 7) is 7.32. The Balaban J connectivity index is 2.35. The van der Waals surface area contributed by atoms with E-state index >= 15 is 0 Å². The topological polar surface area (TPSA) is 127 Å². The van der Waals surface area contributed by atoms with Gasteiger partial charge in [-0.3, -0.25) is 0 Å². The van der Waals surface area contributed by atoms with E-state index in [9.17, 15) is 15.5 Å². The molecule has 2 aromatic carbocycles. The van der Waals surface area contributed by atoms with E-state index in [1.807, 2.05) is 13.0 Å². The van der Waals surface area contributed by atoms with Crippen molar-refractivity contribution in [1.82, 2.24) is 15.0 Å². The van der Waals surface area contributed by atoms with Crippen LogP contribution in [-0.2, 0) is 0 Å². The fraction of sp³-hybridized carbons (Fsp3) is 0.115. The Hall–Kier alpha value is -4.75. The zero-order valence-corrected chi connectivity index (χ0v) is 18.2. The minimum Gasteiger partial charge on any atom is -0.507 e. The van der Waals surface area contributed by atoms with Crippen LogP contribution in [0.5, 0.6) is 11.5 Å². The predicted octanol–water partition coefficient (Wildman–Crippen LogP) is 5.10. The molecule has 0 spiro atoms. The monoisotopic (exact) mass is 435 g/mol. The van der Waals surface area contributed by atoms with Crippen molar-refractivity contribution in [3.63, 3.8) is 0 Å². The van der Waals surface area contributed by atoms with Gasteiger partial charge in [0.15, 0.2) is 17.5 Å². The second-order valence-corrected chi connectivity index (χ2v) is 7.21. The number of nitriles is 2. The molecule has 3 aromatic rings. The molecule has 0 amide bonds. The summed E-state index contributed by atoms with van der Waals surface area (Å²) in [6, 6.07) is 15.8. The maximum atomic E-state index is 10.5. The van der Waals surface area contributed by atoms with Crippen molar-refractivity contribution in [3.05, 3.63) is 84.2 Å². The van der Waals surface area contributed by atoms with Crippen LogP contribution in [0.3, 0.4) is 0 Å². The number of rotatable bonds is 6. The first-order valence-corrected chi connectivity index (χ1v) is 10.1. The molecule has 1 unspecified atom stereocenters. The minimum absolute atomic E-state index is 0.0113. The summed E-state index contributed by atoms with van der Waals surface area (Å²) in [6.07, 6.45) is 4.58. The van der Waals surface area contributed by atoms with Crippen molar-refractivity contribution in [2.24, 2.45) is 5.92 Å². The van der Waals surface area contributed by atoms with Crippen molar-refractivity contribution < 1.29 is 10.2 Å². The molecule has 33 heavy (non-hydrogen) atoms. The van der Waals surface area contributed by atoms with E-state index < -0.39 is 5.92 Å². The van der Waals surface area contributed by atoms with Gasteiger partial charge >= 0.3 is 0 Å². The van der Waals surface area contributed by atoms with Crippen LogP contribution in [0.15, 0.2) is 72.8 Å². The maximum Gasteiger partial charge on any atom is 0.168 e. The normalized spacial score (nSPS) is 12.5. The molecule has 7 heteroatoms. The molecule has 1 atom stereocenters. The Bertz CT molecular complexity index is 1340. The summed E-state index contributed by atoms with van der Waals surface area (Å²) in [5.41, 5.74) is 2.05. The molecule has 0 aliphatic carbocycles. The SMILES string of the molecule is C=C/C(=C(C#N)\C=C/C(C)C#N)c1nc(-c2ccccc2O)nc(-c2c(C)cccc2O)n1. The molecule has 2 N–H and O–H groups in total. The Morgan fingerprint density at radius 2 is 1.70 bits per heavy atom. The number of aryl methyl sites for hydroxylation is 1. The van der Waals surface area contributed by atoms with Crippen LogP contribution in [0, 0.1) is 35.5 Å². The highest BCUT2D eigenvalue weighted by Gasteiger charge is 2.19. The molecule has 3 rings (SSSR count). The van der Waals surface area contributed by atoms with E-state index in [0.717, 1.165) is 5.56 Å². The zero-order chi connectivity index (χ0) is 24.0. The molecule has 7 nitrogen and oxygen atoms in total. The number of nitrogens with zero attached hydrogens (tertiary/aromatic N) is 5. The van der Waals surface area contributed by atoms with E-state index in [2.05, 4.69) is 33.7 Å². The largest absolute Gasteiger partial charge is 0.507 e. The second-order valence-electron chi connectivity index (χ2n) is 7.21. The van der Waals surface area contributed by atoms with E-state index in [1.54, 1.807) is 37.3 Å². The van der Waals surface area contributed by atoms with Gasteiger partial charge in [0.25, 0.3) is 0 Å². The molecule has 0 fully saturated rings. The van der Waals surface area contributed by atoms with Gasteiger partial charge in [-0.05, 0) is 43.7 Å². The van der Waals surface area contributed by atoms with Crippen LogP contribution in [0.2, 0.25) is 0 Å². The number of aromatic nitrogens is 3. The highest BCUT2D eigenvalue weighted by molar-refractivity contribution is 5.80. The molecule has 0 aliphatic rings. The molecule has 0 bridgehead atoms. The fourth-order valence-electron chi connectivity index (χ4n) is 3.13. The van der Waals surface area contributed by atoms with Crippen LogP contribution in [-0.4, -0.2) is 25.2 Å². The van der Waals surface area contributed by atoms with Crippen molar-refractivity contribution in [1.29, 1.82) is 10.5 Å². The van der Waals surface area contributed by atoms with Crippen molar-refractivity contribution in [3.8, 4) is 46.4 Å². The van der Waals surface area contributed by atoms with Gasteiger partial charge in [0.1, 0.15) is 11.5 Å². The summed E-state index contributed by atoms with van der Waals surface area (Å²) in [5.74, 6) is 0.0576. The van der Waals surface area contributed by atoms with Gasteiger partial charge in [-0.25, -0.2) is 15.0 Å². The molecule has 0 aliphatic heterocycles. The van der Waals surface area contributed by atoms with Crippen LogP contribution >= 0.6 is 0 Å². The Morgan fingerprint density at radius 1 is 1.00 bits per heavy atom. The molecule has 0 radical (unpaired) electrons. The number of hydrogen-bond acceptors (Lipinski definition) is 7. The number of phenols is 2. The van der Waals surface area contributed by atoms with Crippen molar-refractivity contribution in [2.45, 2.75) is 13.8 Å². The van der Waals surface area contributed by atoms with Gasteiger partial charge in [0.2, 0.25) is 0 Å². The quantitative estimate of drug-likeness (QED) is 0.407. The molecule has 162 valence electrons. The summed E-state index contributed by atoms with van der Waals surface area (Å²) >= 11 is 0. The molecular formula is C26H21N5O2. The third kappa shape index (κ3) is 4.95. The van der Waals surface area contributed by atoms with E-state index in [-0.39, 0.29) is 34.5 Å². The highest BCUT2D eigenvalue weighted by Crippen LogP contribution is 2.34. The summed E-state index contributed by atoms with van der Waals surface area (Å²) in [5, 5.41) is 39.6. The molecule has 1 aromatic heterocycles. The molecule has 0 saturated carbocycles. The standard InChI is InChI=1S/C26H21N5O2/c1-4-19(18(15-28)13-12-16(2)14-27)24-29-25(20-9-5-6-10-21(20)32)31-26(30-24)23-17(3)8-7-11-22(23)33/h4-13,16,32-33H,1H2,2-3H3/b13-12-,19-18-. The molecule has 1 heterocycles. The Morgan fingerprint density at radius 3 is 2.33 bits per heavy atom. The predicted molar refractivity (Wildman–Crippen MR) is 125 cm³/mol. The summed E-state index contributed by atoms with van der Waals surface area (Å²) in [7, 11) is 0. The second kappa shape index (κ2) is 10.0. The number of allylic oxidation sites excluding steroid dienone is 5. The lowest BCUT2D eigenvalue weighted by molar-refractivity contribution is 0.476. The number of hydrogen-bond donors (Lipinski definition) is 2. The van der Waals surface area contributed by atoms with E-state index in [0.29, 0.717) is 16.7 Å². The Labute approximate surface area is 192 Å². The lowest BCUT2D eigenvalue weighted by Crippen LogP contribution is -2.04. The number of phenolic OH excluding ortho intramolecular Hbond substituents is 2. The lowest BCUT2D eigenvalue weighted by atomic mass is 10.0. The first-order chi connectivity index (χ1) is 15.9. The van der Waals surface area contributed by atoms with Crippen LogP contribution in [0.4, 0.5) is 0 Å². The van der Waals surface area contributed by atoms with Crippen molar-refractivity contribution >= 4 is 5.57 Å².